The molecule has 1 aromatic carbocycles. The van der Waals surface area contributed by atoms with Crippen LogP contribution in [0.1, 0.15) is 19.8 Å². The third-order valence-corrected chi connectivity index (χ3v) is 3.07. The maximum Gasteiger partial charge on any atom is 0.126 e. The maximum atomic E-state index is 5.94. The number of hydrazone groups is 1. The van der Waals surface area contributed by atoms with E-state index < -0.39 is 0 Å². The minimum atomic E-state index is 0.404. The van der Waals surface area contributed by atoms with E-state index in [1.165, 1.54) is 0 Å². The van der Waals surface area contributed by atoms with Gasteiger partial charge < -0.3 is 0 Å². The van der Waals surface area contributed by atoms with Crippen LogP contribution >= 0.6 is 46.4 Å². The Labute approximate surface area is 115 Å². The standard InChI is InChI=1S/C10H10Cl4N2/c1-2-3-10(14)16-15-9-5-7(12)6(11)4-8(9)13/h4-5,15H,2-3H2,1H3/b16-10+. The van der Waals surface area contributed by atoms with Crippen LogP contribution in [0.25, 0.3) is 0 Å². The number of anilines is 1. The number of nitrogens with one attached hydrogen (secondary N) is 1. The van der Waals surface area contributed by atoms with Gasteiger partial charge in [-0.2, -0.15) is 5.10 Å². The average molecular weight is 300 g/mol. The van der Waals surface area contributed by atoms with Crippen molar-refractivity contribution in [1.82, 2.24) is 0 Å². The first-order valence-corrected chi connectivity index (χ1v) is 6.18. The van der Waals surface area contributed by atoms with Gasteiger partial charge in [0.05, 0.1) is 20.8 Å². The molecule has 0 bridgehead atoms. The van der Waals surface area contributed by atoms with Crippen molar-refractivity contribution in [3.05, 3.63) is 27.2 Å². The zero-order valence-corrected chi connectivity index (χ0v) is 11.6. The van der Waals surface area contributed by atoms with Crippen molar-refractivity contribution in [3.63, 3.8) is 0 Å². The Bertz CT molecular complexity index is 404. The smallest absolute Gasteiger partial charge is 0.126 e. The molecule has 0 spiro atoms. The molecule has 0 radical (unpaired) electrons. The third-order valence-electron chi connectivity index (χ3n) is 1.76. The first-order valence-electron chi connectivity index (χ1n) is 4.67. The van der Waals surface area contributed by atoms with Gasteiger partial charge in [0.2, 0.25) is 0 Å². The fraction of sp³-hybridized carbons (Fsp3) is 0.300. The Balaban J connectivity index is 2.82. The van der Waals surface area contributed by atoms with Gasteiger partial charge in [0.15, 0.2) is 0 Å². The number of rotatable bonds is 4. The Kier molecular flexibility index (Phi) is 5.70. The molecule has 2 nitrogen and oxygen atoms in total. The van der Waals surface area contributed by atoms with Crippen molar-refractivity contribution in [2.45, 2.75) is 19.8 Å². The zero-order chi connectivity index (χ0) is 12.1. The van der Waals surface area contributed by atoms with E-state index in [2.05, 4.69) is 10.5 Å². The molecule has 1 N–H and O–H groups in total. The second kappa shape index (κ2) is 6.55. The van der Waals surface area contributed by atoms with Crippen LogP contribution in [0.5, 0.6) is 0 Å². The Morgan fingerprint density at radius 3 is 2.44 bits per heavy atom. The number of hydrogen-bond acceptors (Lipinski definition) is 2. The summed E-state index contributed by atoms with van der Waals surface area (Å²) in [7, 11) is 0. The summed E-state index contributed by atoms with van der Waals surface area (Å²) < 4.78 is 0. The highest BCUT2D eigenvalue weighted by atomic mass is 35.5. The lowest BCUT2D eigenvalue weighted by Gasteiger charge is -2.05. The summed E-state index contributed by atoms with van der Waals surface area (Å²) in [4.78, 5) is 0. The minimum absolute atomic E-state index is 0.404. The third kappa shape index (κ3) is 4.02. The van der Waals surface area contributed by atoms with E-state index in [1.54, 1.807) is 12.1 Å². The number of halogens is 4. The highest BCUT2D eigenvalue weighted by Gasteiger charge is 2.05. The Hall–Kier alpha value is -0.150. The van der Waals surface area contributed by atoms with Crippen molar-refractivity contribution in [3.8, 4) is 0 Å². The zero-order valence-electron chi connectivity index (χ0n) is 8.53. The molecule has 6 heteroatoms. The largest absolute Gasteiger partial charge is 0.276 e. The van der Waals surface area contributed by atoms with E-state index >= 15 is 0 Å². The average Bonchev–Trinajstić information content (AvgIpc) is 2.22. The highest BCUT2D eigenvalue weighted by molar-refractivity contribution is 6.65. The normalized spacial score (nSPS) is 11.7. The van der Waals surface area contributed by atoms with Gasteiger partial charge in [0.1, 0.15) is 5.17 Å². The van der Waals surface area contributed by atoms with Crippen LogP contribution in [-0.4, -0.2) is 5.17 Å². The van der Waals surface area contributed by atoms with Gasteiger partial charge in [0.25, 0.3) is 0 Å². The first kappa shape index (κ1) is 13.9. The van der Waals surface area contributed by atoms with Crippen LogP contribution in [0.2, 0.25) is 15.1 Å². The monoisotopic (exact) mass is 298 g/mol. The van der Waals surface area contributed by atoms with E-state index in [0.29, 0.717) is 32.3 Å². The summed E-state index contributed by atoms with van der Waals surface area (Å²) in [5, 5.41) is 5.71. The van der Waals surface area contributed by atoms with E-state index in [1.807, 2.05) is 6.92 Å². The molecule has 0 aliphatic carbocycles. The van der Waals surface area contributed by atoms with Crippen molar-refractivity contribution in [1.29, 1.82) is 0 Å². The van der Waals surface area contributed by atoms with Crippen LogP contribution < -0.4 is 5.43 Å². The molecule has 0 saturated heterocycles. The number of nitrogens with zero attached hydrogens (tertiary/aromatic N) is 1. The lowest BCUT2D eigenvalue weighted by Crippen LogP contribution is -1.95. The molecule has 1 aromatic rings. The molecule has 0 aliphatic rings. The van der Waals surface area contributed by atoms with E-state index in [4.69, 9.17) is 46.4 Å². The first-order chi connectivity index (χ1) is 7.54. The fourth-order valence-electron chi connectivity index (χ4n) is 0.991. The predicted molar refractivity (Wildman–Crippen MR) is 73.3 cm³/mol. The maximum absolute atomic E-state index is 5.94. The van der Waals surface area contributed by atoms with Crippen LogP contribution in [-0.2, 0) is 0 Å². The SMILES string of the molecule is CCC/C(Cl)=N\Nc1cc(Cl)c(Cl)cc1Cl. The topological polar surface area (TPSA) is 24.4 Å². The number of benzene rings is 1. The molecule has 16 heavy (non-hydrogen) atoms. The van der Waals surface area contributed by atoms with Gasteiger partial charge in [0, 0.05) is 6.42 Å². The molecule has 0 saturated carbocycles. The van der Waals surface area contributed by atoms with Gasteiger partial charge in [-0.25, -0.2) is 0 Å². The predicted octanol–water partition coefficient (Wildman–Crippen LogP) is 5.41. The van der Waals surface area contributed by atoms with Crippen molar-refractivity contribution in [2.24, 2.45) is 5.10 Å². The molecule has 88 valence electrons. The summed E-state index contributed by atoms with van der Waals surface area (Å²) in [5.74, 6) is 0. The molecule has 0 amide bonds. The van der Waals surface area contributed by atoms with Crippen LogP contribution in [0.15, 0.2) is 17.2 Å². The van der Waals surface area contributed by atoms with Crippen molar-refractivity contribution >= 4 is 57.3 Å². The molecule has 0 fully saturated rings. The number of hydrogen-bond donors (Lipinski definition) is 1. The molecular formula is C10H10Cl4N2. The Morgan fingerprint density at radius 1 is 1.19 bits per heavy atom. The molecule has 0 unspecified atom stereocenters. The summed E-state index contributed by atoms with van der Waals surface area (Å²) >= 11 is 23.4. The fourth-order valence-corrected chi connectivity index (χ4v) is 1.81. The van der Waals surface area contributed by atoms with Crippen molar-refractivity contribution in [2.75, 3.05) is 5.43 Å². The molecular weight excluding hydrogens is 290 g/mol. The van der Waals surface area contributed by atoms with Gasteiger partial charge in [-0.3, -0.25) is 5.43 Å². The van der Waals surface area contributed by atoms with E-state index in [9.17, 15) is 0 Å². The summed E-state index contributed by atoms with van der Waals surface area (Å²) in [5.41, 5.74) is 3.32. The van der Waals surface area contributed by atoms with Gasteiger partial charge >= 0.3 is 0 Å². The summed E-state index contributed by atoms with van der Waals surface area (Å²) in [6, 6.07) is 3.16. The lowest BCUT2D eigenvalue weighted by molar-refractivity contribution is 0.999. The molecule has 0 aromatic heterocycles. The van der Waals surface area contributed by atoms with Crippen LogP contribution in [0, 0.1) is 0 Å². The van der Waals surface area contributed by atoms with Gasteiger partial charge in [-0.15, -0.1) is 0 Å². The second-order valence-corrected chi connectivity index (χ2v) is 4.75. The van der Waals surface area contributed by atoms with Gasteiger partial charge in [-0.05, 0) is 18.6 Å². The summed E-state index contributed by atoms with van der Waals surface area (Å²) in [6.07, 6.45) is 1.65. The van der Waals surface area contributed by atoms with E-state index in [-0.39, 0.29) is 0 Å². The second-order valence-electron chi connectivity index (χ2n) is 3.10. The van der Waals surface area contributed by atoms with E-state index in [0.717, 1.165) is 6.42 Å². The minimum Gasteiger partial charge on any atom is -0.276 e. The molecule has 0 heterocycles. The van der Waals surface area contributed by atoms with Gasteiger partial charge in [-0.1, -0.05) is 53.3 Å². The van der Waals surface area contributed by atoms with Crippen LogP contribution in [0.3, 0.4) is 0 Å². The molecule has 0 atom stereocenters. The molecule has 1 rings (SSSR count). The lowest BCUT2D eigenvalue weighted by atomic mass is 10.3. The quantitative estimate of drug-likeness (QED) is 0.448. The molecule has 0 aliphatic heterocycles. The summed E-state index contributed by atoms with van der Waals surface area (Å²) in [6.45, 7) is 2.02. The highest BCUT2D eigenvalue weighted by Crippen LogP contribution is 2.32. The Morgan fingerprint density at radius 2 is 1.81 bits per heavy atom. The van der Waals surface area contributed by atoms with Crippen molar-refractivity contribution < 1.29 is 0 Å². The van der Waals surface area contributed by atoms with Crippen LogP contribution in [0.4, 0.5) is 5.69 Å².